The van der Waals surface area contributed by atoms with E-state index in [4.69, 9.17) is 10.9 Å². The average Bonchev–Trinajstić information content (AvgIpc) is 2.57. The molecule has 0 aliphatic carbocycles. The van der Waals surface area contributed by atoms with Gasteiger partial charge in [0.15, 0.2) is 0 Å². The number of hydrogen-bond acceptors (Lipinski definition) is 4. The van der Waals surface area contributed by atoms with E-state index < -0.39 is 0 Å². The minimum Gasteiger partial charge on any atom is -0.409 e. The third-order valence-corrected chi connectivity index (χ3v) is 3.31. The average molecular weight is 215 g/mol. The van der Waals surface area contributed by atoms with Crippen LogP contribution in [0.4, 0.5) is 0 Å². The lowest BCUT2D eigenvalue weighted by atomic mass is 10.0. The zero-order valence-electron chi connectivity index (χ0n) is 9.43. The Hall–Kier alpha value is -0.810. The highest BCUT2D eigenvalue weighted by Gasteiger charge is 2.31. The van der Waals surface area contributed by atoms with E-state index in [-0.39, 0.29) is 24.4 Å². The smallest absolute Gasteiger partial charge is 0.143 e. The topological polar surface area (TPSA) is 82.1 Å². The van der Waals surface area contributed by atoms with Crippen molar-refractivity contribution in [3.8, 4) is 0 Å². The van der Waals surface area contributed by atoms with E-state index in [0.29, 0.717) is 5.92 Å². The van der Waals surface area contributed by atoms with Crippen LogP contribution in [0.2, 0.25) is 0 Å². The molecule has 1 heterocycles. The maximum absolute atomic E-state index is 9.26. The molecule has 0 aromatic carbocycles. The molecule has 1 aliphatic heterocycles. The second kappa shape index (κ2) is 5.32. The summed E-state index contributed by atoms with van der Waals surface area (Å²) in [5, 5.41) is 20.8. The van der Waals surface area contributed by atoms with Gasteiger partial charge in [0, 0.05) is 18.5 Å². The molecular formula is C10H21N3O2. The molecule has 5 nitrogen and oxygen atoms in total. The number of aliphatic hydroxyl groups excluding tert-OH is 1. The number of likely N-dealkylation sites (tertiary alicyclic amines) is 1. The zero-order valence-corrected chi connectivity index (χ0v) is 9.43. The Morgan fingerprint density at radius 2 is 2.33 bits per heavy atom. The maximum atomic E-state index is 9.26. The van der Waals surface area contributed by atoms with E-state index in [0.717, 1.165) is 19.5 Å². The highest BCUT2D eigenvalue weighted by Crippen LogP contribution is 2.24. The third kappa shape index (κ3) is 2.82. The minimum atomic E-state index is 0.0225. The van der Waals surface area contributed by atoms with E-state index in [9.17, 15) is 5.11 Å². The summed E-state index contributed by atoms with van der Waals surface area (Å²) >= 11 is 0. The van der Waals surface area contributed by atoms with Gasteiger partial charge in [-0.05, 0) is 18.9 Å². The molecule has 0 bridgehead atoms. The number of nitrogens with two attached hydrogens (primary N) is 1. The van der Waals surface area contributed by atoms with Gasteiger partial charge in [-0.2, -0.15) is 0 Å². The Labute approximate surface area is 90.6 Å². The summed E-state index contributed by atoms with van der Waals surface area (Å²) in [7, 11) is 0. The molecule has 1 rings (SSSR count). The zero-order chi connectivity index (χ0) is 11.4. The van der Waals surface area contributed by atoms with E-state index in [1.54, 1.807) is 0 Å². The van der Waals surface area contributed by atoms with Crippen LogP contribution in [-0.2, 0) is 0 Å². The van der Waals surface area contributed by atoms with Gasteiger partial charge in [-0.1, -0.05) is 19.0 Å². The number of amidine groups is 1. The molecule has 3 unspecified atom stereocenters. The van der Waals surface area contributed by atoms with Gasteiger partial charge in [0.05, 0.1) is 6.61 Å². The lowest BCUT2D eigenvalue weighted by Crippen LogP contribution is -2.41. The van der Waals surface area contributed by atoms with Gasteiger partial charge >= 0.3 is 0 Å². The van der Waals surface area contributed by atoms with Gasteiger partial charge in [0.25, 0.3) is 0 Å². The Bertz CT molecular complexity index is 233. The van der Waals surface area contributed by atoms with Crippen molar-refractivity contribution in [3.05, 3.63) is 0 Å². The van der Waals surface area contributed by atoms with Crippen molar-refractivity contribution in [1.82, 2.24) is 4.90 Å². The Kier molecular flexibility index (Phi) is 4.35. The summed E-state index contributed by atoms with van der Waals surface area (Å²) in [4.78, 5) is 2.22. The fourth-order valence-electron chi connectivity index (χ4n) is 2.15. The number of hydrogen-bond donors (Lipinski definition) is 3. The fourth-order valence-corrected chi connectivity index (χ4v) is 2.15. The van der Waals surface area contributed by atoms with Crippen molar-refractivity contribution in [3.63, 3.8) is 0 Å². The van der Waals surface area contributed by atoms with Gasteiger partial charge in [-0.3, -0.25) is 4.90 Å². The molecule has 0 saturated carbocycles. The molecule has 5 heteroatoms. The Morgan fingerprint density at radius 3 is 2.87 bits per heavy atom. The van der Waals surface area contributed by atoms with Crippen LogP contribution >= 0.6 is 0 Å². The predicted molar refractivity (Wildman–Crippen MR) is 58.8 cm³/mol. The molecule has 1 fully saturated rings. The van der Waals surface area contributed by atoms with E-state index in [1.807, 2.05) is 6.92 Å². The summed E-state index contributed by atoms with van der Waals surface area (Å²) in [6.45, 7) is 5.98. The molecule has 1 saturated heterocycles. The van der Waals surface area contributed by atoms with Crippen LogP contribution in [0.1, 0.15) is 20.3 Å². The second-order valence-electron chi connectivity index (χ2n) is 4.44. The summed E-state index contributed by atoms with van der Waals surface area (Å²) in [6, 6.07) is 0.221. The second-order valence-corrected chi connectivity index (χ2v) is 4.44. The Morgan fingerprint density at radius 1 is 1.67 bits per heavy atom. The first kappa shape index (κ1) is 12.3. The molecule has 0 aromatic heterocycles. The first-order chi connectivity index (χ1) is 7.10. The lowest BCUT2D eigenvalue weighted by molar-refractivity contribution is 0.133. The molecule has 0 amide bonds. The summed E-state index contributed by atoms with van der Waals surface area (Å²) < 4.78 is 0. The van der Waals surface area contributed by atoms with Gasteiger partial charge in [-0.15, -0.1) is 0 Å². The highest BCUT2D eigenvalue weighted by atomic mass is 16.4. The fraction of sp³-hybridized carbons (Fsp3) is 0.900. The summed E-state index contributed by atoms with van der Waals surface area (Å²) in [5.41, 5.74) is 5.53. The van der Waals surface area contributed by atoms with Crippen LogP contribution in [0.25, 0.3) is 0 Å². The van der Waals surface area contributed by atoms with Crippen molar-refractivity contribution < 1.29 is 10.3 Å². The lowest BCUT2D eigenvalue weighted by Gasteiger charge is -2.27. The van der Waals surface area contributed by atoms with Crippen LogP contribution in [0, 0.1) is 11.8 Å². The molecule has 4 N–H and O–H groups in total. The highest BCUT2D eigenvalue weighted by molar-refractivity contribution is 5.82. The van der Waals surface area contributed by atoms with Crippen LogP contribution in [0.5, 0.6) is 0 Å². The maximum Gasteiger partial charge on any atom is 0.143 e. The quantitative estimate of drug-likeness (QED) is 0.268. The van der Waals surface area contributed by atoms with Crippen LogP contribution in [0.3, 0.4) is 0 Å². The summed E-state index contributed by atoms with van der Waals surface area (Å²) in [6.07, 6.45) is 1.11. The van der Waals surface area contributed by atoms with Crippen molar-refractivity contribution >= 4 is 5.84 Å². The van der Waals surface area contributed by atoms with E-state index in [1.165, 1.54) is 0 Å². The van der Waals surface area contributed by atoms with Gasteiger partial charge in [-0.25, -0.2) is 0 Å². The molecule has 0 aromatic rings. The molecule has 0 spiro atoms. The number of rotatable bonds is 4. The van der Waals surface area contributed by atoms with Crippen LogP contribution in [0.15, 0.2) is 5.16 Å². The Balaban J connectivity index is 2.51. The molecular weight excluding hydrogens is 194 g/mol. The van der Waals surface area contributed by atoms with Crippen LogP contribution in [-0.4, -0.2) is 46.8 Å². The SMILES string of the molecule is CC(CN1CCC(C)C1CO)C(N)=NO. The van der Waals surface area contributed by atoms with Gasteiger partial charge < -0.3 is 16.0 Å². The number of oxime groups is 1. The first-order valence-electron chi connectivity index (χ1n) is 5.42. The van der Waals surface area contributed by atoms with Crippen molar-refractivity contribution in [2.75, 3.05) is 19.7 Å². The molecule has 0 radical (unpaired) electrons. The van der Waals surface area contributed by atoms with Gasteiger partial charge in [0.1, 0.15) is 5.84 Å². The van der Waals surface area contributed by atoms with Crippen molar-refractivity contribution in [1.29, 1.82) is 0 Å². The normalized spacial score (nSPS) is 30.7. The van der Waals surface area contributed by atoms with Gasteiger partial charge in [0.2, 0.25) is 0 Å². The molecule has 3 atom stereocenters. The van der Waals surface area contributed by atoms with E-state index in [2.05, 4.69) is 17.0 Å². The van der Waals surface area contributed by atoms with Crippen LogP contribution < -0.4 is 5.73 Å². The molecule has 1 aliphatic rings. The first-order valence-corrected chi connectivity index (χ1v) is 5.42. The predicted octanol–water partition coefficient (Wildman–Crippen LogP) is 0.0716. The third-order valence-electron chi connectivity index (χ3n) is 3.31. The standard InChI is InChI=1S/C10H21N3O2/c1-7-3-4-13(9(7)6-14)5-8(2)10(11)12-15/h7-9,14-15H,3-6H2,1-2H3,(H2,11,12). The van der Waals surface area contributed by atoms with Crippen molar-refractivity contribution in [2.45, 2.75) is 26.3 Å². The molecule has 88 valence electrons. The minimum absolute atomic E-state index is 0.0225. The van der Waals surface area contributed by atoms with Crippen molar-refractivity contribution in [2.24, 2.45) is 22.7 Å². The number of aliphatic hydroxyl groups is 1. The monoisotopic (exact) mass is 215 g/mol. The van der Waals surface area contributed by atoms with E-state index >= 15 is 0 Å². The summed E-state index contributed by atoms with van der Waals surface area (Å²) in [5.74, 6) is 0.801. The number of nitrogens with zero attached hydrogens (tertiary/aromatic N) is 2. The largest absolute Gasteiger partial charge is 0.409 e. The molecule has 15 heavy (non-hydrogen) atoms.